The highest BCUT2D eigenvalue weighted by molar-refractivity contribution is 8.02. The Bertz CT molecular complexity index is 986. The van der Waals surface area contributed by atoms with Crippen LogP contribution in [0.2, 0.25) is 19.4 Å². The molecule has 2 aromatic carbocycles. The first-order valence-corrected chi connectivity index (χ1v) is 12.3. The first kappa shape index (κ1) is 23.9. The summed E-state index contributed by atoms with van der Waals surface area (Å²) in [5.74, 6) is 0.0285. The highest BCUT2D eigenvalue weighted by Gasteiger charge is 2.12. The number of nitrogens with one attached hydrogen (secondary N) is 1. The van der Waals surface area contributed by atoms with Crippen molar-refractivity contribution in [2.45, 2.75) is 17.1 Å². The first-order valence-electron chi connectivity index (χ1n) is 9.17. The zero-order valence-electron chi connectivity index (χ0n) is 16.1. The van der Waals surface area contributed by atoms with E-state index in [1.807, 2.05) is 18.2 Å². The minimum atomic E-state index is 0.0285. The summed E-state index contributed by atoms with van der Waals surface area (Å²) in [7, 11) is 2.17. The molecule has 0 spiro atoms. The van der Waals surface area contributed by atoms with Crippen molar-refractivity contribution in [3.8, 4) is 16.9 Å². The number of anilines is 1. The Labute approximate surface area is 205 Å². The van der Waals surface area contributed by atoms with Crippen molar-refractivity contribution < 1.29 is 5.11 Å². The molecule has 2 N–H and O–H groups in total. The molecule has 1 saturated heterocycles. The molecule has 0 atom stereocenters. The van der Waals surface area contributed by atoms with Crippen molar-refractivity contribution in [2.75, 3.05) is 24.9 Å². The highest BCUT2D eigenvalue weighted by atomic mass is 35.5. The molecule has 0 amide bonds. The molecular formula is C21H20Cl4N2OS2. The van der Waals surface area contributed by atoms with E-state index in [0.29, 0.717) is 19.4 Å². The molecule has 1 fully saturated rings. The molecule has 9 heteroatoms. The number of rotatable bonds is 4. The van der Waals surface area contributed by atoms with Crippen molar-refractivity contribution in [3.63, 3.8) is 0 Å². The van der Waals surface area contributed by atoms with Crippen LogP contribution < -0.4 is 4.72 Å². The summed E-state index contributed by atoms with van der Waals surface area (Å²) in [4.78, 5) is 2.36. The van der Waals surface area contributed by atoms with Gasteiger partial charge in [0.1, 0.15) is 10.1 Å². The lowest BCUT2D eigenvalue weighted by atomic mass is 10.1. The summed E-state index contributed by atoms with van der Waals surface area (Å²) in [6.45, 7) is 2.64. The number of phenolic OH excluding ortho intramolecular Hbond substituents is 1. The van der Waals surface area contributed by atoms with Gasteiger partial charge in [0.05, 0.1) is 9.23 Å². The van der Waals surface area contributed by atoms with Gasteiger partial charge in [-0.3, -0.25) is 0 Å². The number of benzene rings is 2. The molecule has 3 aromatic rings. The van der Waals surface area contributed by atoms with Crippen LogP contribution in [0.5, 0.6) is 5.75 Å². The van der Waals surface area contributed by atoms with E-state index in [9.17, 15) is 5.11 Å². The molecule has 2 heterocycles. The van der Waals surface area contributed by atoms with Crippen LogP contribution in [0.15, 0.2) is 46.7 Å². The van der Waals surface area contributed by atoms with E-state index in [-0.39, 0.29) is 5.75 Å². The number of phenols is 1. The number of halogens is 4. The molecular weight excluding hydrogens is 502 g/mol. The van der Waals surface area contributed by atoms with Crippen molar-refractivity contribution >= 4 is 75.4 Å². The Hall–Kier alpha value is -0.790. The lowest BCUT2D eigenvalue weighted by Crippen LogP contribution is -2.10. The van der Waals surface area contributed by atoms with E-state index >= 15 is 0 Å². The molecule has 3 nitrogen and oxygen atoms in total. The van der Waals surface area contributed by atoms with E-state index in [1.165, 1.54) is 49.2 Å². The second-order valence-corrected chi connectivity index (χ2v) is 10.8. The van der Waals surface area contributed by atoms with Crippen LogP contribution in [0.25, 0.3) is 11.1 Å². The molecule has 0 bridgehead atoms. The van der Waals surface area contributed by atoms with Gasteiger partial charge in [0.25, 0.3) is 0 Å². The van der Waals surface area contributed by atoms with E-state index in [4.69, 9.17) is 46.4 Å². The van der Waals surface area contributed by atoms with Crippen molar-refractivity contribution in [1.29, 1.82) is 0 Å². The highest BCUT2D eigenvalue weighted by Crippen LogP contribution is 2.42. The molecule has 0 aliphatic carbocycles. The molecule has 0 unspecified atom stereocenters. The maximum absolute atomic E-state index is 9.62. The zero-order chi connectivity index (χ0) is 21.7. The number of hydrogen-bond acceptors (Lipinski definition) is 5. The average Bonchev–Trinajstić information content (AvgIpc) is 3.31. The molecule has 1 aliphatic heterocycles. The third-order valence-corrected chi connectivity index (χ3v) is 7.45. The smallest absolute Gasteiger partial charge is 0.136 e. The van der Waals surface area contributed by atoms with Gasteiger partial charge in [-0.2, -0.15) is 0 Å². The topological polar surface area (TPSA) is 35.5 Å². The van der Waals surface area contributed by atoms with E-state index in [0.717, 1.165) is 21.0 Å². The van der Waals surface area contributed by atoms with Gasteiger partial charge >= 0.3 is 0 Å². The summed E-state index contributed by atoms with van der Waals surface area (Å²) in [6.07, 6.45) is 2.83. The summed E-state index contributed by atoms with van der Waals surface area (Å²) >= 11 is 27.1. The third kappa shape index (κ3) is 6.86. The maximum atomic E-state index is 9.62. The van der Waals surface area contributed by atoms with Gasteiger partial charge in [0.2, 0.25) is 0 Å². The summed E-state index contributed by atoms with van der Waals surface area (Å²) in [5, 5.41) is 11.0. The van der Waals surface area contributed by atoms with Crippen LogP contribution in [0.3, 0.4) is 0 Å². The van der Waals surface area contributed by atoms with Crippen molar-refractivity contribution in [2.24, 2.45) is 0 Å². The molecule has 4 rings (SSSR count). The Morgan fingerprint density at radius 1 is 0.967 bits per heavy atom. The molecule has 160 valence electrons. The van der Waals surface area contributed by atoms with Crippen molar-refractivity contribution in [1.82, 2.24) is 4.90 Å². The van der Waals surface area contributed by atoms with Crippen LogP contribution in [0, 0.1) is 0 Å². The Morgan fingerprint density at radius 2 is 1.63 bits per heavy atom. The number of nitrogens with zero attached hydrogens (tertiary/aromatic N) is 1. The second-order valence-electron chi connectivity index (χ2n) is 6.79. The predicted molar refractivity (Wildman–Crippen MR) is 134 cm³/mol. The zero-order valence-corrected chi connectivity index (χ0v) is 20.7. The summed E-state index contributed by atoms with van der Waals surface area (Å²) in [6, 6.07) is 12.2. The molecule has 1 aromatic heterocycles. The SMILES string of the molecule is CN1CCCC1.Oc1cc(NSc2cc(-c3cc(Cl)cc(Cl)c3)c(Cl)s2)ccc1Cl. The summed E-state index contributed by atoms with van der Waals surface area (Å²) in [5.41, 5.74) is 2.47. The largest absolute Gasteiger partial charge is 0.506 e. The van der Waals surface area contributed by atoms with Crippen LogP contribution in [0.1, 0.15) is 12.8 Å². The molecule has 0 saturated carbocycles. The van der Waals surface area contributed by atoms with E-state index in [2.05, 4.69) is 16.7 Å². The average molecular weight is 522 g/mol. The van der Waals surface area contributed by atoms with Crippen LogP contribution in [-0.4, -0.2) is 30.1 Å². The number of thiophene rings is 1. The summed E-state index contributed by atoms with van der Waals surface area (Å²) < 4.78 is 4.75. The van der Waals surface area contributed by atoms with Gasteiger partial charge < -0.3 is 14.7 Å². The minimum absolute atomic E-state index is 0.0285. The molecule has 30 heavy (non-hydrogen) atoms. The van der Waals surface area contributed by atoms with Crippen molar-refractivity contribution in [3.05, 3.63) is 61.9 Å². The van der Waals surface area contributed by atoms with Crippen LogP contribution in [0.4, 0.5) is 5.69 Å². The molecule has 0 radical (unpaired) electrons. The predicted octanol–water partition coefficient (Wildman–Crippen LogP) is 8.57. The maximum Gasteiger partial charge on any atom is 0.136 e. The Kier molecular flexibility index (Phi) is 8.90. The Morgan fingerprint density at radius 3 is 2.20 bits per heavy atom. The lowest BCUT2D eigenvalue weighted by Gasteiger charge is -2.04. The fourth-order valence-corrected chi connectivity index (χ4v) is 5.76. The first-order chi connectivity index (χ1) is 14.3. The Balaban J connectivity index is 0.000000367. The molecule has 1 aliphatic rings. The van der Waals surface area contributed by atoms with Gasteiger partial charge in [-0.05, 0) is 86.9 Å². The van der Waals surface area contributed by atoms with E-state index in [1.54, 1.807) is 24.3 Å². The number of likely N-dealkylation sites (tertiary alicyclic amines) is 1. The number of aromatic hydroxyl groups is 1. The van der Waals surface area contributed by atoms with Gasteiger partial charge in [0, 0.05) is 27.4 Å². The minimum Gasteiger partial charge on any atom is -0.506 e. The van der Waals surface area contributed by atoms with Gasteiger partial charge in [-0.15, -0.1) is 11.3 Å². The quantitative estimate of drug-likeness (QED) is 0.337. The fourth-order valence-electron chi connectivity index (χ4n) is 2.86. The van der Waals surface area contributed by atoms with Gasteiger partial charge in [-0.1, -0.05) is 46.4 Å². The number of hydrogen-bond donors (Lipinski definition) is 2. The van der Waals surface area contributed by atoms with Gasteiger partial charge in [0.15, 0.2) is 0 Å². The lowest BCUT2D eigenvalue weighted by molar-refractivity contribution is 0.418. The standard InChI is InChI=1S/C16H9Cl4NOS2.C5H11N/c17-9-3-8(4-10(18)5-9)12-7-15(23-16(12)20)24-21-11-1-2-13(19)14(22)6-11;1-6-4-2-3-5-6/h1-7,21-22H;2-5H2,1H3. The third-order valence-electron chi connectivity index (χ3n) is 4.38. The van der Waals surface area contributed by atoms with Crippen LogP contribution >= 0.6 is 69.7 Å². The normalized spacial score (nSPS) is 13.8. The van der Waals surface area contributed by atoms with Crippen LogP contribution in [-0.2, 0) is 0 Å². The fraction of sp³-hybridized carbons (Fsp3) is 0.238. The second kappa shape index (κ2) is 11.2. The van der Waals surface area contributed by atoms with E-state index < -0.39 is 0 Å². The van der Waals surface area contributed by atoms with Gasteiger partial charge in [-0.25, -0.2) is 0 Å². The monoisotopic (exact) mass is 520 g/mol.